The molecule has 2 heterocycles. The maximum atomic E-state index is 11.4. The fraction of sp³-hybridized carbons (Fsp3) is 0.636. The van der Waals surface area contributed by atoms with E-state index in [9.17, 15) is 4.79 Å². The summed E-state index contributed by atoms with van der Waals surface area (Å²) in [7, 11) is 1.39. The molecule has 1 fully saturated rings. The van der Waals surface area contributed by atoms with Crippen LogP contribution < -0.4 is 0 Å². The van der Waals surface area contributed by atoms with E-state index in [1.807, 2.05) is 6.92 Å². The summed E-state index contributed by atoms with van der Waals surface area (Å²) in [5.74, 6) is 0.0498. The van der Waals surface area contributed by atoms with Crippen LogP contribution in [0.5, 0.6) is 0 Å². The van der Waals surface area contributed by atoms with Gasteiger partial charge in [0.1, 0.15) is 4.88 Å². The van der Waals surface area contributed by atoms with Crippen LogP contribution in [-0.2, 0) is 9.47 Å². The van der Waals surface area contributed by atoms with Crippen molar-refractivity contribution >= 4 is 17.3 Å². The summed E-state index contributed by atoms with van der Waals surface area (Å²) >= 11 is 1.43. The van der Waals surface area contributed by atoms with Gasteiger partial charge >= 0.3 is 5.97 Å². The second-order valence-electron chi connectivity index (χ2n) is 3.87. The zero-order chi connectivity index (χ0) is 11.5. The molecular formula is C11H15NO3S. The fourth-order valence-corrected chi connectivity index (χ4v) is 2.91. The van der Waals surface area contributed by atoms with E-state index in [1.165, 1.54) is 18.4 Å². The van der Waals surface area contributed by atoms with Crippen molar-refractivity contribution in [3.05, 3.63) is 15.6 Å². The molecule has 1 atom stereocenters. The minimum atomic E-state index is -0.294. The predicted molar refractivity (Wildman–Crippen MR) is 61.0 cm³/mol. The number of methoxy groups -OCH3 is 1. The van der Waals surface area contributed by atoms with Crippen molar-refractivity contribution in [2.24, 2.45) is 0 Å². The molecule has 1 aliphatic heterocycles. The lowest BCUT2D eigenvalue weighted by atomic mass is 10.0. The highest BCUT2D eigenvalue weighted by molar-refractivity contribution is 7.13. The van der Waals surface area contributed by atoms with Gasteiger partial charge in [-0.1, -0.05) is 0 Å². The number of hydrogen-bond donors (Lipinski definition) is 0. The van der Waals surface area contributed by atoms with Crippen molar-refractivity contribution in [2.45, 2.75) is 25.7 Å². The lowest BCUT2D eigenvalue weighted by Crippen LogP contribution is -2.15. The van der Waals surface area contributed by atoms with Crippen LogP contribution in [0.1, 0.15) is 39.1 Å². The molecule has 0 amide bonds. The van der Waals surface area contributed by atoms with Crippen LogP contribution in [0.15, 0.2) is 0 Å². The average Bonchev–Trinajstić information content (AvgIpc) is 2.71. The summed E-state index contributed by atoms with van der Waals surface area (Å²) in [5, 5.41) is 0.998. The van der Waals surface area contributed by atoms with Crippen LogP contribution in [0.3, 0.4) is 0 Å². The van der Waals surface area contributed by atoms with Gasteiger partial charge in [-0.25, -0.2) is 9.78 Å². The summed E-state index contributed by atoms with van der Waals surface area (Å²) in [6, 6.07) is 0. The highest BCUT2D eigenvalue weighted by atomic mass is 32.1. The van der Waals surface area contributed by atoms with Crippen molar-refractivity contribution in [3.63, 3.8) is 0 Å². The van der Waals surface area contributed by atoms with E-state index in [2.05, 4.69) is 4.98 Å². The minimum absolute atomic E-state index is 0.294. The topological polar surface area (TPSA) is 48.4 Å². The molecule has 0 aromatic carbocycles. The quantitative estimate of drug-likeness (QED) is 0.744. The van der Waals surface area contributed by atoms with Crippen LogP contribution >= 0.6 is 11.3 Å². The molecule has 5 heteroatoms. The Labute approximate surface area is 98.6 Å². The minimum Gasteiger partial charge on any atom is -0.465 e. The molecule has 4 nitrogen and oxygen atoms in total. The number of ether oxygens (including phenoxy) is 2. The molecule has 1 saturated heterocycles. The van der Waals surface area contributed by atoms with Gasteiger partial charge in [-0.2, -0.15) is 0 Å². The molecule has 0 N–H and O–H groups in total. The average molecular weight is 241 g/mol. The third kappa shape index (κ3) is 2.25. The SMILES string of the molecule is COC(=O)c1sc(C2CCCOC2)nc1C. The lowest BCUT2D eigenvalue weighted by molar-refractivity contribution is 0.0605. The Hall–Kier alpha value is -0.940. The summed E-state index contributed by atoms with van der Waals surface area (Å²) in [6.45, 7) is 3.40. The standard InChI is InChI=1S/C11H15NO3S/c1-7-9(11(13)14-2)16-10(12-7)8-4-3-5-15-6-8/h8H,3-6H2,1-2H3. The highest BCUT2D eigenvalue weighted by Crippen LogP contribution is 2.30. The van der Waals surface area contributed by atoms with Gasteiger partial charge in [0.15, 0.2) is 0 Å². The van der Waals surface area contributed by atoms with Crippen molar-refractivity contribution in [1.29, 1.82) is 0 Å². The van der Waals surface area contributed by atoms with Crippen LogP contribution in [-0.4, -0.2) is 31.3 Å². The number of esters is 1. The number of aromatic nitrogens is 1. The highest BCUT2D eigenvalue weighted by Gasteiger charge is 2.23. The first kappa shape index (κ1) is 11.5. The zero-order valence-corrected chi connectivity index (χ0v) is 10.3. The third-order valence-electron chi connectivity index (χ3n) is 2.69. The summed E-state index contributed by atoms with van der Waals surface area (Å²) in [4.78, 5) is 16.5. The Balaban J connectivity index is 2.19. The second-order valence-corrected chi connectivity index (χ2v) is 4.90. The van der Waals surface area contributed by atoms with Crippen molar-refractivity contribution in [3.8, 4) is 0 Å². The second kappa shape index (κ2) is 4.93. The molecule has 1 aliphatic rings. The summed E-state index contributed by atoms with van der Waals surface area (Å²) in [6.07, 6.45) is 2.16. The van der Waals surface area contributed by atoms with E-state index in [0.717, 1.165) is 30.2 Å². The zero-order valence-electron chi connectivity index (χ0n) is 9.49. The number of rotatable bonds is 2. The molecule has 88 valence electrons. The Bertz CT molecular complexity index is 383. The van der Waals surface area contributed by atoms with Gasteiger partial charge in [0.2, 0.25) is 0 Å². The summed E-state index contributed by atoms with van der Waals surface area (Å²) in [5.41, 5.74) is 0.762. The van der Waals surface area contributed by atoms with Gasteiger partial charge in [-0.15, -0.1) is 11.3 Å². The Kier molecular flexibility index (Phi) is 3.56. The molecule has 2 rings (SSSR count). The molecular weight excluding hydrogens is 226 g/mol. The number of carbonyl (C=O) groups excluding carboxylic acids is 1. The molecule has 1 aromatic heterocycles. The Morgan fingerprint density at radius 1 is 1.62 bits per heavy atom. The van der Waals surface area contributed by atoms with Gasteiger partial charge < -0.3 is 9.47 Å². The molecule has 0 radical (unpaired) electrons. The lowest BCUT2D eigenvalue weighted by Gasteiger charge is -2.19. The first-order valence-electron chi connectivity index (χ1n) is 5.35. The van der Waals surface area contributed by atoms with Gasteiger partial charge in [-0.3, -0.25) is 0 Å². The first-order valence-corrected chi connectivity index (χ1v) is 6.17. The number of hydrogen-bond acceptors (Lipinski definition) is 5. The van der Waals surface area contributed by atoms with E-state index < -0.39 is 0 Å². The molecule has 0 saturated carbocycles. The van der Waals surface area contributed by atoms with E-state index in [0.29, 0.717) is 17.4 Å². The molecule has 0 bridgehead atoms. The molecule has 1 aromatic rings. The normalized spacial score (nSPS) is 20.8. The van der Waals surface area contributed by atoms with Crippen molar-refractivity contribution in [2.75, 3.05) is 20.3 Å². The summed E-state index contributed by atoms with van der Waals surface area (Å²) < 4.78 is 10.1. The Morgan fingerprint density at radius 3 is 3.06 bits per heavy atom. The molecule has 0 spiro atoms. The van der Waals surface area contributed by atoms with E-state index in [1.54, 1.807) is 0 Å². The van der Waals surface area contributed by atoms with Gasteiger partial charge in [0.05, 0.1) is 24.4 Å². The van der Waals surface area contributed by atoms with E-state index in [4.69, 9.17) is 9.47 Å². The predicted octanol–water partition coefficient (Wildman–Crippen LogP) is 2.13. The van der Waals surface area contributed by atoms with Crippen LogP contribution in [0, 0.1) is 6.92 Å². The molecule has 1 unspecified atom stereocenters. The number of aryl methyl sites for hydroxylation is 1. The van der Waals surface area contributed by atoms with E-state index >= 15 is 0 Å². The van der Waals surface area contributed by atoms with Crippen molar-refractivity contribution < 1.29 is 14.3 Å². The van der Waals surface area contributed by atoms with Crippen molar-refractivity contribution in [1.82, 2.24) is 4.98 Å². The van der Waals surface area contributed by atoms with Gasteiger partial charge in [-0.05, 0) is 19.8 Å². The number of nitrogens with zero attached hydrogens (tertiary/aromatic N) is 1. The fourth-order valence-electron chi connectivity index (χ4n) is 1.81. The molecule has 16 heavy (non-hydrogen) atoms. The smallest absolute Gasteiger partial charge is 0.349 e. The maximum Gasteiger partial charge on any atom is 0.349 e. The monoisotopic (exact) mass is 241 g/mol. The number of carbonyl (C=O) groups is 1. The largest absolute Gasteiger partial charge is 0.465 e. The maximum absolute atomic E-state index is 11.4. The molecule has 0 aliphatic carbocycles. The van der Waals surface area contributed by atoms with Gasteiger partial charge in [0.25, 0.3) is 0 Å². The van der Waals surface area contributed by atoms with Crippen LogP contribution in [0.25, 0.3) is 0 Å². The van der Waals surface area contributed by atoms with Gasteiger partial charge in [0, 0.05) is 12.5 Å². The number of thiazole rings is 1. The van der Waals surface area contributed by atoms with Crippen LogP contribution in [0.2, 0.25) is 0 Å². The van der Waals surface area contributed by atoms with E-state index in [-0.39, 0.29) is 5.97 Å². The third-order valence-corrected chi connectivity index (χ3v) is 3.99. The first-order chi connectivity index (χ1) is 7.72. The Morgan fingerprint density at radius 2 is 2.44 bits per heavy atom. The van der Waals surface area contributed by atoms with Crippen LogP contribution in [0.4, 0.5) is 0 Å².